The van der Waals surface area contributed by atoms with Crippen LogP contribution >= 0.6 is 0 Å². The summed E-state index contributed by atoms with van der Waals surface area (Å²) in [6.07, 6.45) is 0. The second-order valence-corrected chi connectivity index (χ2v) is 3.10. The van der Waals surface area contributed by atoms with Crippen LogP contribution in [0, 0.1) is 0 Å². The van der Waals surface area contributed by atoms with Gasteiger partial charge in [0.2, 0.25) is 0 Å². The van der Waals surface area contributed by atoms with Crippen LogP contribution in [0.1, 0.15) is 0 Å². The Morgan fingerprint density at radius 2 is 2.00 bits per heavy atom. The van der Waals surface area contributed by atoms with Gasteiger partial charge >= 0.3 is 0 Å². The van der Waals surface area contributed by atoms with Crippen LogP contribution in [0.5, 0.6) is 5.75 Å². The zero-order valence-corrected chi connectivity index (χ0v) is 7.40. The molecule has 69 valence electrons. The first kappa shape index (κ1) is 8.38. The molecule has 1 heterocycles. The van der Waals surface area contributed by atoms with E-state index in [0.717, 1.165) is 32.0 Å². The summed E-state index contributed by atoms with van der Waals surface area (Å²) >= 11 is 0. The van der Waals surface area contributed by atoms with Gasteiger partial charge in [-0.15, -0.1) is 0 Å². The molecule has 3 heteroatoms. The van der Waals surface area contributed by atoms with Gasteiger partial charge < -0.3 is 9.64 Å². The molecule has 2 rings (SSSR count). The van der Waals surface area contributed by atoms with Gasteiger partial charge in [-0.1, -0.05) is 6.07 Å². The van der Waals surface area contributed by atoms with Gasteiger partial charge in [-0.2, -0.15) is 0 Å². The predicted octanol–water partition coefficient (Wildman–Crippen LogP) is 1.67. The Balaban J connectivity index is 2.14. The fourth-order valence-electron chi connectivity index (χ4n) is 1.50. The second kappa shape index (κ2) is 3.66. The Morgan fingerprint density at radius 1 is 1.23 bits per heavy atom. The molecule has 0 bridgehead atoms. The zero-order valence-electron chi connectivity index (χ0n) is 7.40. The van der Waals surface area contributed by atoms with Crippen LogP contribution in [0.3, 0.4) is 0 Å². The summed E-state index contributed by atoms with van der Waals surface area (Å²) in [4.78, 5) is 2.17. The molecule has 13 heavy (non-hydrogen) atoms. The van der Waals surface area contributed by atoms with Crippen LogP contribution in [0.15, 0.2) is 24.3 Å². The number of nitrogens with zero attached hydrogens (tertiary/aromatic N) is 1. The number of rotatable bonds is 1. The number of benzene rings is 1. The van der Waals surface area contributed by atoms with Gasteiger partial charge in [-0.25, -0.2) is 0 Å². The van der Waals surface area contributed by atoms with Gasteiger partial charge in [0.15, 0.2) is 5.75 Å². The molecular weight excluding hydrogens is 166 g/mol. The quantitative estimate of drug-likeness (QED) is 0.655. The number of ether oxygens (including phenoxy) is 1. The molecule has 1 aliphatic rings. The van der Waals surface area contributed by atoms with Crippen LogP contribution in [0.4, 0.5) is 5.69 Å². The summed E-state index contributed by atoms with van der Waals surface area (Å²) in [6, 6.07) is 7.01. The van der Waals surface area contributed by atoms with E-state index in [-0.39, 0.29) is 5.75 Å². The van der Waals surface area contributed by atoms with E-state index >= 15 is 0 Å². The SMILES string of the molecule is [O]c1cccc(N2CCOCC2)c1. The Labute approximate surface area is 77.6 Å². The van der Waals surface area contributed by atoms with Crippen molar-refractivity contribution < 1.29 is 9.84 Å². The third-order valence-electron chi connectivity index (χ3n) is 2.19. The first-order chi connectivity index (χ1) is 6.36. The largest absolute Gasteiger partial charge is 0.378 e. The van der Waals surface area contributed by atoms with Crippen LogP contribution in [0.2, 0.25) is 0 Å². The van der Waals surface area contributed by atoms with Crippen molar-refractivity contribution in [2.75, 3.05) is 31.2 Å². The molecule has 1 aromatic carbocycles. The standard InChI is InChI=1S/C10H12NO2/c12-10-3-1-2-9(8-10)11-4-6-13-7-5-11/h1-3,8H,4-7H2. The highest BCUT2D eigenvalue weighted by Crippen LogP contribution is 2.20. The van der Waals surface area contributed by atoms with Crippen molar-refractivity contribution in [1.82, 2.24) is 0 Å². The zero-order chi connectivity index (χ0) is 9.10. The minimum atomic E-state index is 0.0731. The smallest absolute Gasteiger partial charge is 0.180 e. The molecule has 1 saturated heterocycles. The number of hydrogen-bond donors (Lipinski definition) is 0. The maximum Gasteiger partial charge on any atom is 0.180 e. The van der Waals surface area contributed by atoms with Crippen LogP contribution < -0.4 is 4.90 Å². The van der Waals surface area contributed by atoms with Crippen molar-refractivity contribution in [1.29, 1.82) is 0 Å². The van der Waals surface area contributed by atoms with E-state index in [0.29, 0.717) is 0 Å². The van der Waals surface area contributed by atoms with Crippen molar-refractivity contribution in [3.05, 3.63) is 24.3 Å². The predicted molar refractivity (Wildman–Crippen MR) is 49.6 cm³/mol. The first-order valence-corrected chi connectivity index (χ1v) is 4.46. The maximum atomic E-state index is 11.1. The highest BCUT2D eigenvalue weighted by molar-refractivity contribution is 5.50. The topological polar surface area (TPSA) is 32.4 Å². The van der Waals surface area contributed by atoms with E-state index in [2.05, 4.69) is 4.90 Å². The number of hydrogen-bond acceptors (Lipinski definition) is 2. The minimum absolute atomic E-state index is 0.0731. The minimum Gasteiger partial charge on any atom is -0.378 e. The molecule has 1 aromatic rings. The molecule has 0 amide bonds. The lowest BCUT2D eigenvalue weighted by atomic mass is 10.2. The molecule has 3 nitrogen and oxygen atoms in total. The summed E-state index contributed by atoms with van der Waals surface area (Å²) in [6.45, 7) is 3.26. The fraction of sp³-hybridized carbons (Fsp3) is 0.400. The van der Waals surface area contributed by atoms with Gasteiger partial charge in [-0.3, -0.25) is 5.11 Å². The Bertz CT molecular complexity index is 282. The van der Waals surface area contributed by atoms with Gasteiger partial charge in [0.05, 0.1) is 13.2 Å². The highest BCUT2D eigenvalue weighted by atomic mass is 16.5. The van der Waals surface area contributed by atoms with Crippen LogP contribution in [-0.2, 0) is 9.84 Å². The summed E-state index contributed by atoms with van der Waals surface area (Å²) in [5.74, 6) is 0.0731. The van der Waals surface area contributed by atoms with Crippen molar-refractivity contribution in [3.63, 3.8) is 0 Å². The van der Waals surface area contributed by atoms with Crippen molar-refractivity contribution in [2.24, 2.45) is 0 Å². The van der Waals surface area contributed by atoms with Crippen molar-refractivity contribution >= 4 is 5.69 Å². The molecule has 1 aliphatic heterocycles. The van der Waals surface area contributed by atoms with Gasteiger partial charge in [-0.05, 0) is 12.1 Å². The van der Waals surface area contributed by atoms with E-state index in [9.17, 15) is 5.11 Å². The monoisotopic (exact) mass is 178 g/mol. The maximum absolute atomic E-state index is 11.1. The lowest BCUT2D eigenvalue weighted by Crippen LogP contribution is -2.36. The molecule has 0 unspecified atom stereocenters. The summed E-state index contributed by atoms with van der Waals surface area (Å²) in [7, 11) is 0. The van der Waals surface area contributed by atoms with Crippen molar-refractivity contribution in [2.45, 2.75) is 0 Å². The molecular formula is C10H12NO2. The lowest BCUT2D eigenvalue weighted by molar-refractivity contribution is 0.122. The third kappa shape index (κ3) is 1.92. The fourth-order valence-corrected chi connectivity index (χ4v) is 1.50. The summed E-state index contributed by atoms with van der Waals surface area (Å²) in [5.41, 5.74) is 1.01. The average Bonchev–Trinajstić information content (AvgIpc) is 2.19. The summed E-state index contributed by atoms with van der Waals surface area (Å²) < 4.78 is 5.23. The first-order valence-electron chi connectivity index (χ1n) is 4.46. The molecule has 0 atom stereocenters. The van der Waals surface area contributed by atoms with E-state index in [4.69, 9.17) is 4.74 Å². The van der Waals surface area contributed by atoms with E-state index in [1.807, 2.05) is 6.07 Å². The average molecular weight is 178 g/mol. The molecule has 0 saturated carbocycles. The molecule has 0 spiro atoms. The highest BCUT2D eigenvalue weighted by Gasteiger charge is 2.10. The summed E-state index contributed by atoms with van der Waals surface area (Å²) in [5, 5.41) is 11.1. The van der Waals surface area contributed by atoms with Gasteiger partial charge in [0, 0.05) is 24.8 Å². The van der Waals surface area contributed by atoms with Crippen LogP contribution in [-0.4, -0.2) is 26.3 Å². The lowest BCUT2D eigenvalue weighted by Gasteiger charge is -2.28. The van der Waals surface area contributed by atoms with Gasteiger partial charge in [0.1, 0.15) is 0 Å². The molecule has 0 aliphatic carbocycles. The third-order valence-corrected chi connectivity index (χ3v) is 2.19. The van der Waals surface area contributed by atoms with E-state index < -0.39 is 0 Å². The second-order valence-electron chi connectivity index (χ2n) is 3.10. The Morgan fingerprint density at radius 3 is 2.69 bits per heavy atom. The van der Waals surface area contributed by atoms with E-state index in [1.165, 1.54) is 0 Å². The molecule has 1 radical (unpaired) electrons. The Kier molecular flexibility index (Phi) is 2.36. The van der Waals surface area contributed by atoms with Crippen molar-refractivity contribution in [3.8, 4) is 5.75 Å². The number of anilines is 1. The number of morpholine rings is 1. The molecule has 1 fully saturated rings. The van der Waals surface area contributed by atoms with Gasteiger partial charge in [0.25, 0.3) is 0 Å². The van der Waals surface area contributed by atoms with Crippen LogP contribution in [0.25, 0.3) is 0 Å². The molecule has 0 aromatic heterocycles. The Hall–Kier alpha value is -1.22. The normalized spacial score (nSPS) is 17.4. The van der Waals surface area contributed by atoms with E-state index in [1.54, 1.807) is 18.2 Å². The molecule has 0 N–H and O–H groups in total.